The molecular formula is C23H26N2O. The van der Waals surface area contributed by atoms with E-state index in [-0.39, 0.29) is 5.41 Å². The minimum absolute atomic E-state index is 0.300. The number of para-hydroxylation sites is 1. The molecule has 1 aliphatic carbocycles. The molecule has 1 saturated heterocycles. The summed E-state index contributed by atoms with van der Waals surface area (Å²) in [6.07, 6.45) is 4.71. The first kappa shape index (κ1) is 16.1. The summed E-state index contributed by atoms with van der Waals surface area (Å²) in [6, 6.07) is 18.8. The van der Waals surface area contributed by atoms with Gasteiger partial charge in [-0.2, -0.15) is 0 Å². The maximum atomic E-state index is 13.6. The van der Waals surface area contributed by atoms with Gasteiger partial charge in [-0.1, -0.05) is 48.5 Å². The van der Waals surface area contributed by atoms with E-state index >= 15 is 0 Å². The van der Waals surface area contributed by atoms with Gasteiger partial charge in [-0.15, -0.1) is 0 Å². The van der Waals surface area contributed by atoms with Gasteiger partial charge in [0, 0.05) is 12.2 Å². The van der Waals surface area contributed by atoms with E-state index in [1.165, 1.54) is 30.5 Å². The zero-order valence-electron chi connectivity index (χ0n) is 15.2. The van der Waals surface area contributed by atoms with Crippen LogP contribution in [0, 0.1) is 5.92 Å². The molecule has 0 bridgehead atoms. The van der Waals surface area contributed by atoms with Gasteiger partial charge in [-0.05, 0) is 61.9 Å². The topological polar surface area (TPSA) is 23.6 Å². The van der Waals surface area contributed by atoms with Crippen LogP contribution in [0.1, 0.15) is 36.8 Å². The van der Waals surface area contributed by atoms with Crippen LogP contribution >= 0.6 is 0 Å². The monoisotopic (exact) mass is 346 g/mol. The van der Waals surface area contributed by atoms with Crippen LogP contribution in [-0.2, 0) is 16.8 Å². The Kier molecular flexibility index (Phi) is 3.86. The Balaban J connectivity index is 1.43. The largest absolute Gasteiger partial charge is 0.307 e. The van der Waals surface area contributed by atoms with Crippen LogP contribution in [0.5, 0.6) is 0 Å². The third-order valence-electron chi connectivity index (χ3n) is 6.47. The van der Waals surface area contributed by atoms with Crippen LogP contribution in [0.25, 0.3) is 0 Å². The Labute approximate surface area is 155 Å². The lowest BCUT2D eigenvalue weighted by Gasteiger charge is -2.38. The minimum atomic E-state index is -0.300. The Hall–Kier alpha value is -2.13. The number of benzene rings is 2. The molecule has 134 valence electrons. The molecular weight excluding hydrogens is 320 g/mol. The summed E-state index contributed by atoms with van der Waals surface area (Å²) in [5.74, 6) is 1.24. The number of amides is 1. The van der Waals surface area contributed by atoms with Gasteiger partial charge in [0.05, 0.1) is 12.0 Å². The molecule has 0 atom stereocenters. The lowest BCUT2D eigenvalue weighted by Crippen LogP contribution is -2.49. The summed E-state index contributed by atoms with van der Waals surface area (Å²) >= 11 is 0. The predicted molar refractivity (Wildman–Crippen MR) is 104 cm³/mol. The van der Waals surface area contributed by atoms with Crippen molar-refractivity contribution in [1.82, 2.24) is 4.90 Å². The average molecular weight is 346 g/mol. The van der Waals surface area contributed by atoms with E-state index in [0.717, 1.165) is 37.5 Å². The fourth-order valence-corrected chi connectivity index (χ4v) is 4.79. The van der Waals surface area contributed by atoms with Crippen molar-refractivity contribution in [2.24, 2.45) is 5.92 Å². The van der Waals surface area contributed by atoms with Gasteiger partial charge in [0.25, 0.3) is 0 Å². The molecule has 1 spiro atoms. The highest BCUT2D eigenvalue weighted by molar-refractivity contribution is 6.08. The highest BCUT2D eigenvalue weighted by atomic mass is 16.2. The smallest absolute Gasteiger partial charge is 0.238 e. The van der Waals surface area contributed by atoms with E-state index in [2.05, 4.69) is 41.3 Å². The van der Waals surface area contributed by atoms with Crippen molar-refractivity contribution < 1.29 is 4.79 Å². The maximum absolute atomic E-state index is 13.6. The van der Waals surface area contributed by atoms with Crippen molar-refractivity contribution in [2.75, 3.05) is 24.5 Å². The number of nitrogens with zero attached hydrogens (tertiary/aromatic N) is 2. The minimum Gasteiger partial charge on any atom is -0.307 e. The van der Waals surface area contributed by atoms with E-state index < -0.39 is 0 Å². The number of anilines is 1. The van der Waals surface area contributed by atoms with Gasteiger partial charge in [0.2, 0.25) is 5.91 Å². The van der Waals surface area contributed by atoms with Crippen molar-refractivity contribution >= 4 is 11.6 Å². The van der Waals surface area contributed by atoms with Crippen molar-refractivity contribution in [1.29, 1.82) is 0 Å². The van der Waals surface area contributed by atoms with Crippen LogP contribution in [0.4, 0.5) is 5.69 Å². The Morgan fingerprint density at radius 3 is 2.35 bits per heavy atom. The van der Waals surface area contributed by atoms with Gasteiger partial charge in [-0.25, -0.2) is 0 Å². The van der Waals surface area contributed by atoms with Crippen LogP contribution in [0.15, 0.2) is 54.6 Å². The zero-order chi connectivity index (χ0) is 17.6. The van der Waals surface area contributed by atoms with Gasteiger partial charge >= 0.3 is 0 Å². The predicted octanol–water partition coefficient (Wildman–Crippen LogP) is 3.98. The van der Waals surface area contributed by atoms with Crippen molar-refractivity contribution in [3.8, 4) is 0 Å². The Bertz CT molecular complexity index is 804. The fourth-order valence-electron chi connectivity index (χ4n) is 4.79. The number of hydrogen-bond donors (Lipinski definition) is 0. The summed E-state index contributed by atoms with van der Waals surface area (Å²) in [5, 5.41) is 0. The third kappa shape index (κ3) is 2.66. The van der Waals surface area contributed by atoms with Gasteiger partial charge in [0.1, 0.15) is 0 Å². The molecule has 3 heteroatoms. The van der Waals surface area contributed by atoms with Crippen LogP contribution in [0.2, 0.25) is 0 Å². The first-order valence-corrected chi connectivity index (χ1v) is 9.94. The standard InChI is InChI=1S/C23H26N2O/c26-22-23(12-14-24(15-13-23)16-19-10-11-19)20-8-4-5-9-21(20)25(22)17-18-6-2-1-3-7-18/h1-9,19H,10-17H2. The Morgan fingerprint density at radius 1 is 0.923 bits per heavy atom. The number of piperidine rings is 1. The van der Waals surface area contributed by atoms with Gasteiger partial charge in [0.15, 0.2) is 0 Å². The van der Waals surface area contributed by atoms with E-state index in [4.69, 9.17) is 0 Å². The van der Waals surface area contributed by atoms with Crippen molar-refractivity contribution in [2.45, 2.75) is 37.6 Å². The quantitative estimate of drug-likeness (QED) is 0.836. The highest BCUT2D eigenvalue weighted by Gasteiger charge is 2.51. The summed E-state index contributed by atoms with van der Waals surface area (Å²) in [5.41, 5.74) is 3.27. The zero-order valence-corrected chi connectivity index (χ0v) is 15.2. The van der Waals surface area contributed by atoms with E-state index in [1.54, 1.807) is 0 Å². The molecule has 1 amide bonds. The number of carbonyl (C=O) groups is 1. The van der Waals surface area contributed by atoms with E-state index in [9.17, 15) is 4.79 Å². The number of likely N-dealkylation sites (tertiary alicyclic amines) is 1. The molecule has 2 heterocycles. The summed E-state index contributed by atoms with van der Waals surface area (Å²) in [6.45, 7) is 4.01. The first-order chi connectivity index (χ1) is 12.8. The van der Waals surface area contributed by atoms with Crippen molar-refractivity contribution in [3.63, 3.8) is 0 Å². The molecule has 3 aliphatic rings. The maximum Gasteiger partial charge on any atom is 0.238 e. The molecule has 2 aromatic rings. The molecule has 0 aromatic heterocycles. The first-order valence-electron chi connectivity index (χ1n) is 9.94. The second-order valence-electron chi connectivity index (χ2n) is 8.22. The molecule has 2 aliphatic heterocycles. The summed E-state index contributed by atoms with van der Waals surface area (Å²) < 4.78 is 0. The normalized spacial score (nSPS) is 22.0. The average Bonchev–Trinajstić information content (AvgIpc) is 3.48. The molecule has 0 radical (unpaired) electrons. The molecule has 0 N–H and O–H groups in total. The molecule has 1 saturated carbocycles. The van der Waals surface area contributed by atoms with Crippen LogP contribution in [-0.4, -0.2) is 30.4 Å². The molecule has 26 heavy (non-hydrogen) atoms. The lowest BCUT2D eigenvalue weighted by molar-refractivity contribution is -0.125. The summed E-state index contributed by atoms with van der Waals surface area (Å²) in [7, 11) is 0. The third-order valence-corrected chi connectivity index (χ3v) is 6.47. The van der Waals surface area contributed by atoms with Gasteiger partial charge < -0.3 is 9.80 Å². The molecule has 5 rings (SSSR count). The SMILES string of the molecule is O=C1N(Cc2ccccc2)c2ccccc2C12CCN(CC1CC1)CC2. The number of rotatable bonds is 4. The van der Waals surface area contributed by atoms with E-state index in [0.29, 0.717) is 12.5 Å². The molecule has 2 aromatic carbocycles. The molecule has 3 nitrogen and oxygen atoms in total. The molecule has 2 fully saturated rings. The Morgan fingerprint density at radius 2 is 1.62 bits per heavy atom. The van der Waals surface area contributed by atoms with Crippen molar-refractivity contribution in [3.05, 3.63) is 65.7 Å². The molecule has 0 unspecified atom stereocenters. The van der Waals surface area contributed by atoms with Gasteiger partial charge in [-0.3, -0.25) is 4.79 Å². The number of fused-ring (bicyclic) bond motifs is 2. The number of carbonyl (C=O) groups excluding carboxylic acids is 1. The number of hydrogen-bond acceptors (Lipinski definition) is 2. The summed E-state index contributed by atoms with van der Waals surface area (Å²) in [4.78, 5) is 18.2. The second-order valence-corrected chi connectivity index (χ2v) is 8.22. The van der Waals surface area contributed by atoms with E-state index in [1.807, 2.05) is 23.1 Å². The highest BCUT2D eigenvalue weighted by Crippen LogP contribution is 2.48. The van der Waals surface area contributed by atoms with Crippen LogP contribution < -0.4 is 4.90 Å². The fraction of sp³-hybridized carbons (Fsp3) is 0.435. The van der Waals surface area contributed by atoms with Crippen LogP contribution in [0.3, 0.4) is 0 Å². The lowest BCUT2D eigenvalue weighted by atomic mass is 9.73. The second kappa shape index (κ2) is 6.24.